The van der Waals surface area contributed by atoms with Crippen LogP contribution in [0, 0.1) is 20.8 Å². The SMILES string of the molecule is Cc1nc2c(c(C)c(C)n2Cc2cccnc2)c(-c2ccc(Cl)cc2)c1[C@H](OC(C)(C)C)C(=O)O. The number of nitrogens with zero attached hydrogens (tertiary/aromatic N) is 3. The van der Waals surface area contributed by atoms with E-state index in [1.165, 1.54) is 0 Å². The number of ether oxygens (including phenoxy) is 1. The monoisotopic (exact) mass is 491 g/mol. The number of aliphatic carboxylic acids is 1. The predicted molar refractivity (Wildman–Crippen MR) is 139 cm³/mol. The lowest BCUT2D eigenvalue weighted by atomic mass is 9.91. The van der Waals surface area contributed by atoms with Gasteiger partial charge in [-0.2, -0.15) is 0 Å². The summed E-state index contributed by atoms with van der Waals surface area (Å²) in [6, 6.07) is 11.4. The van der Waals surface area contributed by atoms with Crippen LogP contribution in [0.2, 0.25) is 5.02 Å². The van der Waals surface area contributed by atoms with Gasteiger partial charge in [-0.3, -0.25) is 4.98 Å². The van der Waals surface area contributed by atoms with Gasteiger partial charge in [-0.15, -0.1) is 0 Å². The summed E-state index contributed by atoms with van der Waals surface area (Å²) in [5.74, 6) is -1.05. The third-order valence-corrected chi connectivity index (χ3v) is 6.39. The van der Waals surface area contributed by atoms with Crippen molar-refractivity contribution in [1.29, 1.82) is 0 Å². The molecule has 0 spiro atoms. The van der Waals surface area contributed by atoms with Crippen LogP contribution in [0.3, 0.4) is 0 Å². The van der Waals surface area contributed by atoms with Gasteiger partial charge in [0, 0.05) is 45.3 Å². The molecule has 7 heteroatoms. The first-order valence-corrected chi connectivity index (χ1v) is 11.9. The van der Waals surface area contributed by atoms with E-state index in [4.69, 9.17) is 21.3 Å². The smallest absolute Gasteiger partial charge is 0.337 e. The Morgan fingerprint density at radius 2 is 1.83 bits per heavy atom. The van der Waals surface area contributed by atoms with E-state index in [0.717, 1.165) is 39.0 Å². The molecule has 0 unspecified atom stereocenters. The summed E-state index contributed by atoms with van der Waals surface area (Å²) in [6.45, 7) is 12.1. The summed E-state index contributed by atoms with van der Waals surface area (Å²) < 4.78 is 8.26. The first-order chi connectivity index (χ1) is 16.5. The standard InChI is InChI=1S/C28H30ClN3O3/c1-16-18(3)32(15-19-8-7-13-30-14-19)26-22(16)24(20-9-11-21(29)12-10-20)23(17(2)31-26)25(27(33)34)35-28(4,5)6/h7-14,25H,15H2,1-6H3,(H,33,34)/t25-/m0/s1. The second kappa shape index (κ2) is 9.44. The summed E-state index contributed by atoms with van der Waals surface area (Å²) >= 11 is 6.20. The zero-order valence-corrected chi connectivity index (χ0v) is 21.6. The van der Waals surface area contributed by atoms with Crippen molar-refractivity contribution in [3.05, 3.63) is 81.9 Å². The highest BCUT2D eigenvalue weighted by Gasteiger charge is 2.33. The van der Waals surface area contributed by atoms with Crippen molar-refractivity contribution in [2.45, 2.75) is 59.8 Å². The molecule has 1 N–H and O–H groups in total. The van der Waals surface area contributed by atoms with Crippen molar-refractivity contribution in [2.24, 2.45) is 0 Å². The van der Waals surface area contributed by atoms with Crippen molar-refractivity contribution in [3.63, 3.8) is 0 Å². The highest BCUT2D eigenvalue weighted by Crippen LogP contribution is 2.42. The lowest BCUT2D eigenvalue weighted by Crippen LogP contribution is -2.28. The minimum Gasteiger partial charge on any atom is -0.479 e. The fourth-order valence-corrected chi connectivity index (χ4v) is 4.61. The zero-order valence-electron chi connectivity index (χ0n) is 20.9. The molecule has 0 radical (unpaired) electrons. The summed E-state index contributed by atoms with van der Waals surface area (Å²) in [7, 11) is 0. The highest BCUT2D eigenvalue weighted by molar-refractivity contribution is 6.30. The topological polar surface area (TPSA) is 77.2 Å². The van der Waals surface area contributed by atoms with Gasteiger partial charge in [0.15, 0.2) is 6.10 Å². The lowest BCUT2D eigenvalue weighted by Gasteiger charge is -2.28. The summed E-state index contributed by atoms with van der Waals surface area (Å²) in [5, 5.41) is 11.8. The Morgan fingerprint density at radius 3 is 2.40 bits per heavy atom. The van der Waals surface area contributed by atoms with Gasteiger partial charge in [0.2, 0.25) is 0 Å². The molecule has 0 aliphatic rings. The first kappa shape index (κ1) is 24.9. The number of halogens is 1. The van der Waals surface area contributed by atoms with Crippen LogP contribution >= 0.6 is 11.6 Å². The van der Waals surface area contributed by atoms with Crippen LogP contribution in [0.4, 0.5) is 0 Å². The molecule has 0 aliphatic carbocycles. The quantitative estimate of drug-likeness (QED) is 0.326. The van der Waals surface area contributed by atoms with Gasteiger partial charge in [0.25, 0.3) is 0 Å². The van der Waals surface area contributed by atoms with Crippen molar-refractivity contribution in [2.75, 3.05) is 0 Å². The Hall–Kier alpha value is -3.22. The van der Waals surface area contributed by atoms with Gasteiger partial charge in [-0.25, -0.2) is 9.78 Å². The van der Waals surface area contributed by atoms with Gasteiger partial charge in [0.05, 0.1) is 12.1 Å². The Bertz CT molecular complexity index is 1390. The highest BCUT2D eigenvalue weighted by atomic mass is 35.5. The number of carboxylic acid groups (broad SMARTS) is 1. The number of hydrogen-bond donors (Lipinski definition) is 1. The second-order valence-electron chi connectivity index (χ2n) is 9.80. The molecular weight excluding hydrogens is 462 g/mol. The van der Waals surface area contributed by atoms with Crippen molar-refractivity contribution in [1.82, 2.24) is 14.5 Å². The number of rotatable bonds is 6. The molecule has 0 saturated carbocycles. The number of aryl methyl sites for hydroxylation is 2. The normalized spacial score (nSPS) is 12.8. The number of benzene rings is 1. The van der Waals surface area contributed by atoms with Gasteiger partial charge >= 0.3 is 5.97 Å². The van der Waals surface area contributed by atoms with Gasteiger partial charge in [-0.1, -0.05) is 29.8 Å². The van der Waals surface area contributed by atoms with E-state index >= 15 is 0 Å². The number of fused-ring (bicyclic) bond motifs is 1. The van der Waals surface area contributed by atoms with Crippen molar-refractivity contribution in [3.8, 4) is 11.1 Å². The molecule has 3 aromatic heterocycles. The summed E-state index contributed by atoms with van der Waals surface area (Å²) in [6.07, 6.45) is 2.42. The number of carboxylic acids is 1. The van der Waals surface area contributed by atoms with Crippen LogP contribution in [-0.4, -0.2) is 31.2 Å². The average Bonchev–Trinajstić information content (AvgIpc) is 3.02. The second-order valence-corrected chi connectivity index (χ2v) is 10.2. The molecule has 35 heavy (non-hydrogen) atoms. The maximum Gasteiger partial charge on any atom is 0.337 e. The molecule has 0 bridgehead atoms. The molecule has 182 valence electrons. The zero-order chi connectivity index (χ0) is 25.5. The molecule has 0 aliphatic heterocycles. The molecule has 3 heterocycles. The predicted octanol–water partition coefficient (Wildman–Crippen LogP) is 6.67. The van der Waals surface area contributed by atoms with E-state index in [-0.39, 0.29) is 0 Å². The van der Waals surface area contributed by atoms with E-state index in [0.29, 0.717) is 22.8 Å². The number of aromatic nitrogens is 3. The maximum atomic E-state index is 12.5. The van der Waals surface area contributed by atoms with Crippen LogP contribution in [-0.2, 0) is 16.1 Å². The van der Waals surface area contributed by atoms with E-state index in [1.807, 2.05) is 70.3 Å². The summed E-state index contributed by atoms with van der Waals surface area (Å²) in [5.41, 5.74) is 6.15. The minimum atomic E-state index is -1.18. The van der Waals surface area contributed by atoms with Crippen LogP contribution in [0.1, 0.15) is 55.0 Å². The van der Waals surface area contributed by atoms with Crippen LogP contribution in [0.15, 0.2) is 48.8 Å². The number of carbonyl (C=O) groups is 1. The molecule has 0 amide bonds. The molecule has 1 atom stereocenters. The molecule has 0 fully saturated rings. The molecule has 6 nitrogen and oxygen atoms in total. The molecular formula is C28H30ClN3O3. The average molecular weight is 492 g/mol. The Morgan fingerprint density at radius 1 is 1.14 bits per heavy atom. The molecule has 4 rings (SSSR count). The largest absolute Gasteiger partial charge is 0.479 e. The first-order valence-electron chi connectivity index (χ1n) is 11.5. The fraction of sp³-hybridized carbons (Fsp3) is 0.321. The fourth-order valence-electron chi connectivity index (χ4n) is 4.49. The van der Waals surface area contributed by atoms with Gasteiger partial charge in [-0.05, 0) is 76.4 Å². The molecule has 1 aromatic carbocycles. The lowest BCUT2D eigenvalue weighted by molar-refractivity contribution is -0.160. The number of pyridine rings is 2. The van der Waals surface area contributed by atoms with E-state index in [9.17, 15) is 9.90 Å². The third kappa shape index (κ3) is 4.95. The Kier molecular flexibility index (Phi) is 6.71. The Balaban J connectivity index is 2.08. The minimum absolute atomic E-state index is 0.559. The molecule has 4 aromatic rings. The third-order valence-electron chi connectivity index (χ3n) is 6.14. The van der Waals surface area contributed by atoms with Crippen LogP contribution in [0.5, 0.6) is 0 Å². The van der Waals surface area contributed by atoms with E-state index < -0.39 is 17.7 Å². The van der Waals surface area contributed by atoms with Gasteiger partial charge < -0.3 is 14.4 Å². The van der Waals surface area contributed by atoms with E-state index in [2.05, 4.69) is 23.4 Å². The van der Waals surface area contributed by atoms with Gasteiger partial charge in [0.1, 0.15) is 5.65 Å². The van der Waals surface area contributed by atoms with Crippen LogP contribution < -0.4 is 0 Å². The van der Waals surface area contributed by atoms with Crippen molar-refractivity contribution < 1.29 is 14.6 Å². The van der Waals surface area contributed by atoms with E-state index in [1.54, 1.807) is 6.20 Å². The Labute approximate surface area is 210 Å². The molecule has 0 saturated heterocycles. The maximum absolute atomic E-state index is 12.5. The number of hydrogen-bond acceptors (Lipinski definition) is 4. The summed E-state index contributed by atoms with van der Waals surface area (Å²) in [4.78, 5) is 21.7. The van der Waals surface area contributed by atoms with Crippen molar-refractivity contribution >= 4 is 28.6 Å². The van der Waals surface area contributed by atoms with Crippen LogP contribution in [0.25, 0.3) is 22.2 Å².